The lowest BCUT2D eigenvalue weighted by atomic mass is 10.2. The van der Waals surface area contributed by atoms with Gasteiger partial charge >= 0.3 is 5.97 Å². The van der Waals surface area contributed by atoms with Gasteiger partial charge in [-0.25, -0.2) is 8.42 Å². The van der Waals surface area contributed by atoms with E-state index >= 15 is 0 Å². The third-order valence-electron chi connectivity index (χ3n) is 3.48. The largest absolute Gasteiger partial charge is 0.481 e. The zero-order valence-corrected chi connectivity index (χ0v) is 14.5. The Hall–Kier alpha value is -2.61. The van der Waals surface area contributed by atoms with Crippen LogP contribution in [0.1, 0.15) is 29.0 Å². The molecule has 0 aliphatic carbocycles. The van der Waals surface area contributed by atoms with Crippen LogP contribution < -0.4 is 0 Å². The summed E-state index contributed by atoms with van der Waals surface area (Å²) in [4.78, 5) is 24.8. The summed E-state index contributed by atoms with van der Waals surface area (Å²) in [6.07, 6.45) is 1.22. The summed E-state index contributed by atoms with van der Waals surface area (Å²) in [7, 11) is -3.54. The van der Waals surface area contributed by atoms with Crippen LogP contribution in [-0.4, -0.2) is 43.1 Å². The molecule has 1 amide bonds. The van der Waals surface area contributed by atoms with Gasteiger partial charge in [0.2, 0.25) is 14.9 Å². The third-order valence-corrected chi connectivity index (χ3v) is 4.43. The smallest absolute Gasteiger partial charge is 0.303 e. The number of sulfone groups is 1. The van der Waals surface area contributed by atoms with Crippen LogP contribution in [-0.2, 0) is 21.2 Å². The number of carbonyl (C=O) groups excluding carboxylic acids is 1. The lowest BCUT2D eigenvalue weighted by Crippen LogP contribution is -2.31. The number of furan rings is 1. The van der Waals surface area contributed by atoms with Crippen molar-refractivity contribution in [3.8, 4) is 0 Å². The van der Waals surface area contributed by atoms with Crippen LogP contribution in [0.25, 0.3) is 0 Å². The number of carbonyl (C=O) groups is 2. The maximum atomic E-state index is 12.7. The second kappa shape index (κ2) is 7.98. The predicted octanol–water partition coefficient (Wildman–Crippen LogP) is 2.19. The van der Waals surface area contributed by atoms with Crippen LogP contribution in [0.3, 0.4) is 0 Å². The predicted molar refractivity (Wildman–Crippen MR) is 89.9 cm³/mol. The summed E-state index contributed by atoms with van der Waals surface area (Å²) in [5.74, 6) is -1.51. The molecule has 0 fully saturated rings. The second-order valence-electron chi connectivity index (χ2n) is 5.60. The molecule has 2 aromatic rings. The number of nitrogens with zero attached hydrogens (tertiary/aromatic N) is 1. The van der Waals surface area contributed by atoms with Gasteiger partial charge in [0, 0.05) is 25.8 Å². The Kier molecular flexibility index (Phi) is 5.97. The van der Waals surface area contributed by atoms with Gasteiger partial charge in [0.05, 0.1) is 0 Å². The number of carboxylic acid groups (broad SMARTS) is 1. The molecular weight excluding hydrogens is 346 g/mol. The van der Waals surface area contributed by atoms with Crippen LogP contribution >= 0.6 is 0 Å². The summed E-state index contributed by atoms with van der Waals surface area (Å²) in [5.41, 5.74) is 0.876. The fourth-order valence-corrected chi connectivity index (χ4v) is 2.82. The zero-order chi connectivity index (χ0) is 18.4. The Morgan fingerprint density at radius 2 is 1.80 bits per heavy atom. The van der Waals surface area contributed by atoms with Crippen molar-refractivity contribution in [1.29, 1.82) is 0 Å². The SMILES string of the molecule is CS(=O)(=O)c1ccc(C(=O)N(CCCC(=O)O)Cc2ccccc2)o1. The second-order valence-corrected chi connectivity index (χ2v) is 7.55. The van der Waals surface area contributed by atoms with E-state index in [0.717, 1.165) is 11.8 Å². The van der Waals surface area contributed by atoms with Crippen molar-refractivity contribution in [2.24, 2.45) is 0 Å². The summed E-state index contributed by atoms with van der Waals surface area (Å²) >= 11 is 0. The van der Waals surface area contributed by atoms with Gasteiger partial charge < -0.3 is 14.4 Å². The molecule has 0 saturated heterocycles. The molecule has 0 atom stereocenters. The first-order valence-corrected chi connectivity index (χ1v) is 9.51. The minimum atomic E-state index is -3.54. The number of amides is 1. The number of rotatable bonds is 8. The molecule has 7 nitrogen and oxygen atoms in total. The summed E-state index contributed by atoms with van der Waals surface area (Å²) in [5, 5.41) is 8.50. The molecule has 25 heavy (non-hydrogen) atoms. The number of carboxylic acids is 1. The zero-order valence-electron chi connectivity index (χ0n) is 13.7. The maximum Gasteiger partial charge on any atom is 0.303 e. The van der Waals surface area contributed by atoms with Gasteiger partial charge in [0.25, 0.3) is 5.91 Å². The molecule has 0 saturated carbocycles. The van der Waals surface area contributed by atoms with E-state index in [4.69, 9.17) is 9.52 Å². The lowest BCUT2D eigenvalue weighted by molar-refractivity contribution is -0.137. The van der Waals surface area contributed by atoms with E-state index in [-0.39, 0.29) is 36.8 Å². The van der Waals surface area contributed by atoms with E-state index in [9.17, 15) is 18.0 Å². The fraction of sp³-hybridized carbons (Fsp3) is 0.294. The van der Waals surface area contributed by atoms with Gasteiger partial charge in [0.1, 0.15) is 0 Å². The quantitative estimate of drug-likeness (QED) is 0.769. The van der Waals surface area contributed by atoms with Crippen molar-refractivity contribution < 1.29 is 27.5 Å². The van der Waals surface area contributed by atoms with E-state index < -0.39 is 21.7 Å². The summed E-state index contributed by atoms with van der Waals surface area (Å²) in [6, 6.07) is 11.8. The van der Waals surface area contributed by atoms with Gasteiger partial charge in [-0.1, -0.05) is 30.3 Å². The topological polar surface area (TPSA) is 105 Å². The Bertz CT molecular complexity index is 841. The van der Waals surface area contributed by atoms with Crippen molar-refractivity contribution in [3.05, 3.63) is 53.8 Å². The van der Waals surface area contributed by atoms with Gasteiger partial charge in [-0.15, -0.1) is 0 Å². The molecule has 0 radical (unpaired) electrons. The molecule has 0 aliphatic rings. The molecular formula is C17H19NO6S. The highest BCUT2D eigenvalue weighted by Crippen LogP contribution is 2.17. The standard InChI is InChI=1S/C17H19NO6S/c1-25(22,23)16-10-9-14(24-16)17(21)18(11-5-8-15(19)20)12-13-6-3-2-4-7-13/h2-4,6-7,9-10H,5,8,11-12H2,1H3,(H,19,20). The van der Waals surface area contributed by atoms with Crippen LogP contribution in [0.4, 0.5) is 0 Å². The molecule has 1 N–H and O–H groups in total. The minimum Gasteiger partial charge on any atom is -0.481 e. The molecule has 0 aliphatic heterocycles. The van der Waals surface area contributed by atoms with Crippen molar-refractivity contribution in [2.45, 2.75) is 24.5 Å². The van der Waals surface area contributed by atoms with Crippen molar-refractivity contribution in [2.75, 3.05) is 12.8 Å². The molecule has 134 valence electrons. The first kappa shape index (κ1) is 18.7. The van der Waals surface area contributed by atoms with E-state index in [1.54, 1.807) is 0 Å². The van der Waals surface area contributed by atoms with Crippen LogP contribution in [0.2, 0.25) is 0 Å². The molecule has 0 unspecified atom stereocenters. The minimum absolute atomic E-state index is 0.0642. The lowest BCUT2D eigenvalue weighted by Gasteiger charge is -2.21. The maximum absolute atomic E-state index is 12.7. The highest BCUT2D eigenvalue weighted by molar-refractivity contribution is 7.90. The van der Waals surface area contributed by atoms with Crippen LogP contribution in [0.5, 0.6) is 0 Å². The normalized spacial score (nSPS) is 11.2. The van der Waals surface area contributed by atoms with Crippen LogP contribution in [0.15, 0.2) is 52.0 Å². The Balaban J connectivity index is 2.19. The molecule has 8 heteroatoms. The van der Waals surface area contributed by atoms with E-state index in [1.807, 2.05) is 30.3 Å². The highest BCUT2D eigenvalue weighted by Gasteiger charge is 2.22. The van der Waals surface area contributed by atoms with E-state index in [2.05, 4.69) is 0 Å². The molecule has 1 aromatic heterocycles. The summed E-state index contributed by atoms with van der Waals surface area (Å²) < 4.78 is 28.1. The average molecular weight is 365 g/mol. The van der Waals surface area contributed by atoms with Crippen molar-refractivity contribution in [3.63, 3.8) is 0 Å². The Morgan fingerprint density at radius 3 is 2.36 bits per heavy atom. The molecule has 0 bridgehead atoms. The Morgan fingerprint density at radius 1 is 1.12 bits per heavy atom. The molecule has 0 spiro atoms. The van der Waals surface area contributed by atoms with Gasteiger partial charge in [-0.3, -0.25) is 9.59 Å². The number of benzene rings is 1. The molecule has 2 rings (SSSR count). The van der Waals surface area contributed by atoms with E-state index in [1.165, 1.54) is 17.0 Å². The fourth-order valence-electron chi connectivity index (χ4n) is 2.27. The number of hydrogen-bond acceptors (Lipinski definition) is 5. The van der Waals surface area contributed by atoms with Gasteiger partial charge in [0.15, 0.2) is 5.76 Å². The monoisotopic (exact) mass is 365 g/mol. The summed E-state index contributed by atoms with van der Waals surface area (Å²) in [6.45, 7) is 0.489. The van der Waals surface area contributed by atoms with Crippen molar-refractivity contribution >= 4 is 21.7 Å². The van der Waals surface area contributed by atoms with Crippen molar-refractivity contribution in [1.82, 2.24) is 4.90 Å². The molecule has 1 heterocycles. The molecule has 1 aromatic carbocycles. The third kappa shape index (κ3) is 5.46. The highest BCUT2D eigenvalue weighted by atomic mass is 32.2. The number of hydrogen-bond donors (Lipinski definition) is 1. The van der Waals surface area contributed by atoms with E-state index in [0.29, 0.717) is 0 Å². The average Bonchev–Trinajstić information content (AvgIpc) is 3.04. The van der Waals surface area contributed by atoms with Crippen LogP contribution in [0, 0.1) is 0 Å². The Labute approximate surface area is 145 Å². The number of aliphatic carboxylic acids is 1. The van der Waals surface area contributed by atoms with Gasteiger partial charge in [-0.05, 0) is 24.1 Å². The van der Waals surface area contributed by atoms with Gasteiger partial charge in [-0.2, -0.15) is 0 Å². The first-order valence-electron chi connectivity index (χ1n) is 7.62. The first-order chi connectivity index (χ1) is 11.8.